The first-order valence-electron chi connectivity index (χ1n) is 44.8. The molecule has 6 heterocycles. The van der Waals surface area contributed by atoms with Gasteiger partial charge in [-0.1, -0.05) is 128 Å². The Labute approximate surface area is 692 Å². The van der Waals surface area contributed by atoms with Gasteiger partial charge in [-0.2, -0.15) is 0 Å². The van der Waals surface area contributed by atoms with Crippen LogP contribution in [-0.4, -0.2) is 277 Å². The number of carbonyl (C=O) groups is 13. The van der Waals surface area contributed by atoms with Crippen molar-refractivity contribution in [2.75, 3.05) is 81.6 Å². The van der Waals surface area contributed by atoms with E-state index in [4.69, 9.17) is 0 Å². The van der Waals surface area contributed by atoms with Crippen molar-refractivity contribution in [1.29, 1.82) is 0 Å². The number of amides is 6. The first kappa shape index (κ1) is 97.0. The van der Waals surface area contributed by atoms with Crippen molar-refractivity contribution in [3.63, 3.8) is 0 Å². The Balaban J connectivity index is 0.000000193. The van der Waals surface area contributed by atoms with Crippen LogP contribution in [0.15, 0.2) is 12.2 Å². The molecular formula is C89H149FN12O14. The van der Waals surface area contributed by atoms with Crippen molar-refractivity contribution in [2.45, 2.75) is 357 Å². The van der Waals surface area contributed by atoms with E-state index in [1.165, 1.54) is 84.0 Å². The molecule has 26 nitrogen and oxygen atoms in total. The van der Waals surface area contributed by atoms with Crippen molar-refractivity contribution < 1.29 is 71.8 Å². The SMILES string of the molecule is CC(=O)[C@@H](NC(=O)[C@@H]1C=CCN1C)C1CCCCC1.CC(=O)[C@@H](NC(=O)[C@@H]1CC(=O)CN1C)C1CCCCC1.CC(=O)[C@@H](NC(=O)[C@@H]1CCCN1C)C1CCCCC1.CC(=O)[C@@H](NC(=O)[C@@H]1CCN1C)C1CCCCC1.CC(=O)[C@@H](NC(=O)[C@@H]1C[C@@H](F)CN1C)C1CCCCC1.CC(=O)[C@@H](NC(=O)[C@@H]1C[C@@H](O)CN1C)C1CCCCC1. The zero-order valence-corrected chi connectivity index (χ0v) is 72.7. The van der Waals surface area contributed by atoms with Crippen LogP contribution >= 0.6 is 0 Å². The molecule has 0 unspecified atom stereocenters. The zero-order valence-electron chi connectivity index (χ0n) is 72.7. The number of alkyl halides is 1. The number of likely N-dealkylation sites (tertiary alicyclic amines) is 5. The van der Waals surface area contributed by atoms with E-state index in [0.717, 1.165) is 154 Å². The number of ketones is 7. The second kappa shape index (κ2) is 49.0. The van der Waals surface area contributed by atoms with E-state index in [0.29, 0.717) is 43.8 Å². The number of aliphatic hydroxyl groups excluding tert-OH is 1. The highest BCUT2D eigenvalue weighted by atomic mass is 19.1. The van der Waals surface area contributed by atoms with Gasteiger partial charge in [-0.25, -0.2) is 4.39 Å². The Morgan fingerprint density at radius 2 is 0.629 bits per heavy atom. The molecule has 6 amide bonds. The topological polar surface area (TPSA) is 334 Å². The summed E-state index contributed by atoms with van der Waals surface area (Å²) in [6, 6.07) is -3.37. The van der Waals surface area contributed by atoms with Gasteiger partial charge < -0.3 is 37.0 Å². The highest BCUT2D eigenvalue weighted by molar-refractivity contribution is 5.96. The third-order valence-corrected chi connectivity index (χ3v) is 27.3. The Kier molecular flexibility index (Phi) is 41.0. The predicted octanol–water partition coefficient (Wildman–Crippen LogP) is 7.89. The summed E-state index contributed by atoms with van der Waals surface area (Å²) < 4.78 is 13.3. The van der Waals surface area contributed by atoms with Crippen LogP contribution in [0.5, 0.6) is 0 Å². The molecule has 0 aromatic carbocycles. The molecule has 0 aromatic rings. The number of halogens is 1. The van der Waals surface area contributed by atoms with E-state index in [-0.39, 0.29) is 161 Å². The first-order valence-corrected chi connectivity index (χ1v) is 44.8. The minimum atomic E-state index is -0.943. The number of β-amino-alcohol motifs (C(OH)–C–C–N with tert-alkyl or cyclic N) is 1. The molecule has 0 radical (unpaired) electrons. The van der Waals surface area contributed by atoms with Gasteiger partial charge in [0.05, 0.1) is 79.1 Å². The number of nitrogens with one attached hydrogen (secondary N) is 6. The number of nitrogens with zero attached hydrogens (tertiary/aromatic N) is 6. The second-order valence-corrected chi connectivity index (χ2v) is 36.5. The second-order valence-electron chi connectivity index (χ2n) is 36.5. The van der Waals surface area contributed by atoms with Crippen LogP contribution in [0.25, 0.3) is 0 Å². The molecule has 0 aromatic heterocycles. The van der Waals surface area contributed by atoms with Crippen LogP contribution < -0.4 is 31.9 Å². The minimum absolute atomic E-state index is 0.0164. The van der Waals surface area contributed by atoms with Gasteiger partial charge in [-0.05, 0) is 229 Å². The molecular weight excluding hydrogens is 1480 g/mol. The van der Waals surface area contributed by atoms with Crippen molar-refractivity contribution >= 4 is 75.9 Å². The van der Waals surface area contributed by atoms with E-state index >= 15 is 0 Å². The number of hydrogen-bond donors (Lipinski definition) is 7. The number of aliphatic hydroxyl groups is 1. The fourth-order valence-corrected chi connectivity index (χ4v) is 20.2. The van der Waals surface area contributed by atoms with Crippen molar-refractivity contribution in [1.82, 2.24) is 61.3 Å². The van der Waals surface area contributed by atoms with Gasteiger partial charge in [0.1, 0.15) is 18.0 Å². The van der Waals surface area contributed by atoms with Crippen LogP contribution in [0.4, 0.5) is 4.39 Å². The van der Waals surface area contributed by atoms with E-state index in [1.54, 1.807) is 58.5 Å². The van der Waals surface area contributed by atoms with Gasteiger partial charge in [0.15, 0.2) is 34.7 Å². The number of hydrogen-bond acceptors (Lipinski definition) is 20. The van der Waals surface area contributed by atoms with E-state index < -0.39 is 30.4 Å². The predicted molar refractivity (Wildman–Crippen MR) is 446 cm³/mol. The lowest BCUT2D eigenvalue weighted by atomic mass is 9.82. The first-order chi connectivity index (χ1) is 55.2. The summed E-state index contributed by atoms with van der Waals surface area (Å²) in [5.41, 5.74) is 0. The molecule has 12 aliphatic rings. The number of likely N-dealkylation sites (N-methyl/N-ethyl adjacent to an activating group) is 6. The van der Waals surface area contributed by atoms with Gasteiger partial charge in [0.2, 0.25) is 35.4 Å². The average Bonchev–Trinajstić information content (AvgIpc) is 1.81. The minimum Gasteiger partial charge on any atom is -0.392 e. The number of carbonyl (C=O) groups excluding carboxylic acids is 13. The van der Waals surface area contributed by atoms with Crippen molar-refractivity contribution in [3.05, 3.63) is 12.2 Å². The highest BCUT2D eigenvalue weighted by Gasteiger charge is 2.43. The summed E-state index contributed by atoms with van der Waals surface area (Å²) in [4.78, 5) is 167. The lowest BCUT2D eigenvalue weighted by Gasteiger charge is -2.38. The van der Waals surface area contributed by atoms with Crippen LogP contribution in [0.3, 0.4) is 0 Å². The molecule has 0 spiro atoms. The third kappa shape index (κ3) is 30.0. The van der Waals surface area contributed by atoms with Crippen molar-refractivity contribution in [3.8, 4) is 0 Å². The molecule has 5 saturated heterocycles. The molecule has 6 saturated carbocycles. The lowest BCUT2D eigenvalue weighted by molar-refractivity contribution is -0.134. The summed E-state index contributed by atoms with van der Waals surface area (Å²) in [5, 5.41) is 27.3. The van der Waals surface area contributed by atoms with Gasteiger partial charge in [-0.3, -0.25) is 91.7 Å². The molecule has 656 valence electrons. The summed E-state index contributed by atoms with van der Waals surface area (Å²) in [6.07, 6.45) is 40.2. The summed E-state index contributed by atoms with van der Waals surface area (Å²) in [7, 11) is 11.2. The molecule has 6 aliphatic carbocycles. The summed E-state index contributed by atoms with van der Waals surface area (Å²) >= 11 is 0. The molecule has 7 N–H and O–H groups in total. The Bertz CT molecular complexity index is 3180. The van der Waals surface area contributed by atoms with Crippen LogP contribution in [0.2, 0.25) is 0 Å². The molecule has 6 aliphatic heterocycles. The largest absolute Gasteiger partial charge is 0.392 e. The maximum Gasteiger partial charge on any atom is 0.241 e. The number of Topliss-reactive ketones (excluding diaryl/α,β-unsaturated/α-hetero) is 7. The van der Waals surface area contributed by atoms with Crippen molar-refractivity contribution in [2.24, 2.45) is 35.5 Å². The standard InChI is InChI=1S/C15H25FN2O2.C15H26N2O3.C15H24N2O3.C15H26N2O2.C15H24N2O2.C14H24N2O2/c1-10(19)14(11-6-4-3-5-7-11)17-15(20)13-8-12(16)9-18(13)2;2*1-10(18)14(11-6-4-3-5-7-11)16-15(20)13-8-12(19)9-17(13)2;2*1-11(18)14(12-7-4-3-5-8-12)16-15(19)13-9-6-10-17(13)2;1-10(17)13(11-6-4-3-5-7-11)15-14(18)12-8-9-16(12)2/h11-14H,3-9H2,1-2H3,(H,17,20);11-14,19H,3-9H2,1-2H3,(H,16,20);11,13-14H,3-9H2,1-2H3,(H,16,20);12-14H,3-10H2,1-2H3,(H,16,19);6,9,12-14H,3-5,7-8,10H2,1-2H3,(H,16,19);11-13H,3-9H2,1-2H3,(H,15,18)/t2*12-,13+,14-;3*13-,14+;12-,13+/m110000/s1. The fraction of sp³-hybridized carbons (Fsp3) is 0.831. The summed E-state index contributed by atoms with van der Waals surface area (Å²) in [5.74, 6) is 1.85. The molecule has 0 bridgehead atoms. The number of rotatable bonds is 24. The quantitative estimate of drug-likeness (QED) is 0.0452. The molecule has 11 fully saturated rings. The van der Waals surface area contributed by atoms with E-state index in [9.17, 15) is 71.8 Å². The summed E-state index contributed by atoms with van der Waals surface area (Å²) in [6.45, 7) is 13.3. The van der Waals surface area contributed by atoms with E-state index in [2.05, 4.69) is 36.8 Å². The maximum absolute atomic E-state index is 13.3. The molecule has 27 heteroatoms. The van der Waals surface area contributed by atoms with Gasteiger partial charge in [0.25, 0.3) is 0 Å². The van der Waals surface area contributed by atoms with Gasteiger partial charge >= 0.3 is 0 Å². The van der Waals surface area contributed by atoms with Gasteiger partial charge in [0, 0.05) is 39.0 Å². The molecule has 12 rings (SSSR count). The molecule has 14 atom stereocenters. The average molecular weight is 1630 g/mol. The highest BCUT2D eigenvalue weighted by Crippen LogP contribution is 2.34. The van der Waals surface area contributed by atoms with Crippen LogP contribution in [0.1, 0.15) is 273 Å². The Morgan fingerprint density at radius 1 is 0.336 bits per heavy atom. The third-order valence-electron chi connectivity index (χ3n) is 27.3. The monoisotopic (exact) mass is 1630 g/mol. The Hall–Kier alpha value is -6.10. The Morgan fingerprint density at radius 3 is 0.862 bits per heavy atom. The lowest BCUT2D eigenvalue weighted by Crippen LogP contribution is -2.58. The smallest absolute Gasteiger partial charge is 0.241 e. The van der Waals surface area contributed by atoms with Crippen LogP contribution in [0, 0.1) is 35.5 Å². The van der Waals surface area contributed by atoms with Crippen LogP contribution in [-0.2, 0) is 62.3 Å². The maximum atomic E-state index is 13.3. The zero-order chi connectivity index (χ0) is 84.9. The normalized spacial score (nSPS) is 28.0. The fourth-order valence-electron chi connectivity index (χ4n) is 20.2. The molecule has 116 heavy (non-hydrogen) atoms. The van der Waals surface area contributed by atoms with E-state index in [1.807, 2.05) is 55.0 Å². The van der Waals surface area contributed by atoms with Gasteiger partial charge in [-0.15, -0.1) is 0 Å².